The number of ether oxygens (including phenoxy) is 1. The van der Waals surface area contributed by atoms with Crippen LogP contribution in [0.4, 0.5) is 0 Å². The van der Waals surface area contributed by atoms with Gasteiger partial charge in [-0.1, -0.05) is 12.8 Å². The van der Waals surface area contributed by atoms with Gasteiger partial charge in [0.2, 0.25) is 5.91 Å². The number of aliphatic hydroxyl groups is 1. The first-order chi connectivity index (χ1) is 8.75. The Morgan fingerprint density at radius 1 is 1.44 bits per heavy atom. The van der Waals surface area contributed by atoms with Crippen LogP contribution in [0.3, 0.4) is 0 Å². The zero-order valence-corrected chi connectivity index (χ0v) is 10.9. The Bertz CT molecular complexity index is 261. The van der Waals surface area contributed by atoms with E-state index >= 15 is 0 Å². The van der Waals surface area contributed by atoms with Crippen LogP contribution >= 0.6 is 0 Å². The first-order valence-electron chi connectivity index (χ1n) is 7.03. The van der Waals surface area contributed by atoms with Crippen LogP contribution in [0.2, 0.25) is 0 Å². The molecule has 2 aliphatic rings. The smallest absolute Gasteiger partial charge is 0.222 e. The molecule has 104 valence electrons. The van der Waals surface area contributed by atoms with Gasteiger partial charge in [-0.15, -0.1) is 0 Å². The number of carbonyl (C=O) groups excluding carboxylic acids is 1. The second-order valence-electron chi connectivity index (χ2n) is 5.32. The molecule has 2 fully saturated rings. The van der Waals surface area contributed by atoms with E-state index in [1.165, 1.54) is 12.8 Å². The monoisotopic (exact) mass is 256 g/mol. The fourth-order valence-corrected chi connectivity index (χ4v) is 2.76. The number of rotatable bonds is 5. The van der Waals surface area contributed by atoms with Crippen LogP contribution < -0.4 is 10.6 Å². The third-order valence-corrected chi connectivity index (χ3v) is 3.87. The quantitative estimate of drug-likeness (QED) is 0.649. The molecule has 1 saturated carbocycles. The maximum atomic E-state index is 11.7. The van der Waals surface area contributed by atoms with Crippen molar-refractivity contribution in [3.8, 4) is 0 Å². The highest BCUT2D eigenvalue weighted by Gasteiger charge is 2.24. The van der Waals surface area contributed by atoms with Crippen LogP contribution in [0.15, 0.2) is 0 Å². The number of amides is 1. The van der Waals surface area contributed by atoms with Gasteiger partial charge in [-0.05, 0) is 18.8 Å². The van der Waals surface area contributed by atoms with Gasteiger partial charge in [-0.25, -0.2) is 0 Å². The van der Waals surface area contributed by atoms with E-state index in [0.717, 1.165) is 25.9 Å². The van der Waals surface area contributed by atoms with Crippen molar-refractivity contribution in [2.24, 2.45) is 5.92 Å². The third-order valence-electron chi connectivity index (χ3n) is 3.87. The lowest BCUT2D eigenvalue weighted by Crippen LogP contribution is -2.43. The lowest BCUT2D eigenvalue weighted by atomic mass is 10.0. The summed E-state index contributed by atoms with van der Waals surface area (Å²) in [6, 6.07) is 0. The highest BCUT2D eigenvalue weighted by molar-refractivity contribution is 5.76. The summed E-state index contributed by atoms with van der Waals surface area (Å²) in [6.07, 6.45) is 4.56. The van der Waals surface area contributed by atoms with Gasteiger partial charge in [0.05, 0.1) is 25.2 Å². The van der Waals surface area contributed by atoms with Gasteiger partial charge in [0.1, 0.15) is 0 Å². The summed E-state index contributed by atoms with van der Waals surface area (Å²) >= 11 is 0. The van der Waals surface area contributed by atoms with Crippen LogP contribution in [-0.2, 0) is 9.53 Å². The van der Waals surface area contributed by atoms with E-state index in [1.54, 1.807) is 0 Å². The van der Waals surface area contributed by atoms with Crippen molar-refractivity contribution in [3.05, 3.63) is 0 Å². The number of morpholine rings is 1. The van der Waals surface area contributed by atoms with Gasteiger partial charge in [0.25, 0.3) is 0 Å². The molecule has 2 unspecified atom stereocenters. The van der Waals surface area contributed by atoms with Crippen molar-refractivity contribution in [2.45, 2.75) is 44.3 Å². The highest BCUT2D eigenvalue weighted by Crippen LogP contribution is 2.27. The first kappa shape index (κ1) is 13.8. The lowest BCUT2D eigenvalue weighted by molar-refractivity contribution is -0.125. The Morgan fingerprint density at radius 2 is 2.22 bits per heavy atom. The fourth-order valence-electron chi connectivity index (χ4n) is 2.76. The molecule has 1 aliphatic carbocycles. The normalized spacial score (nSPS) is 27.1. The minimum atomic E-state index is -0.387. The minimum absolute atomic E-state index is 0.0256. The van der Waals surface area contributed by atoms with Gasteiger partial charge in [-0.2, -0.15) is 0 Å². The first-order valence-corrected chi connectivity index (χ1v) is 7.03. The van der Waals surface area contributed by atoms with Gasteiger partial charge < -0.3 is 20.5 Å². The summed E-state index contributed by atoms with van der Waals surface area (Å²) in [7, 11) is 0. The molecule has 2 rings (SSSR count). The Hall–Kier alpha value is -0.650. The largest absolute Gasteiger partial charge is 0.391 e. The zero-order chi connectivity index (χ0) is 12.8. The second-order valence-corrected chi connectivity index (χ2v) is 5.32. The van der Waals surface area contributed by atoms with Crippen molar-refractivity contribution in [1.82, 2.24) is 10.6 Å². The van der Waals surface area contributed by atoms with Crippen LogP contribution in [0, 0.1) is 5.92 Å². The Morgan fingerprint density at radius 3 is 2.89 bits per heavy atom. The maximum absolute atomic E-state index is 11.7. The molecule has 0 aromatic rings. The Balaban J connectivity index is 1.61. The van der Waals surface area contributed by atoms with Crippen molar-refractivity contribution in [3.63, 3.8) is 0 Å². The molecule has 0 radical (unpaired) electrons. The van der Waals surface area contributed by atoms with Gasteiger partial charge >= 0.3 is 0 Å². The van der Waals surface area contributed by atoms with Gasteiger partial charge in [-0.3, -0.25) is 4.79 Å². The molecule has 5 heteroatoms. The summed E-state index contributed by atoms with van der Waals surface area (Å²) in [5.74, 6) is 0.346. The number of hydrogen-bond donors (Lipinski definition) is 3. The summed E-state index contributed by atoms with van der Waals surface area (Å²) in [5, 5.41) is 16.0. The number of carbonyl (C=O) groups is 1. The average molecular weight is 256 g/mol. The molecule has 0 spiro atoms. The van der Waals surface area contributed by atoms with E-state index in [0.29, 0.717) is 25.5 Å². The van der Waals surface area contributed by atoms with E-state index in [2.05, 4.69) is 10.6 Å². The van der Waals surface area contributed by atoms with Crippen molar-refractivity contribution in [2.75, 3.05) is 26.2 Å². The van der Waals surface area contributed by atoms with Gasteiger partial charge in [0, 0.05) is 19.6 Å². The predicted molar refractivity (Wildman–Crippen MR) is 68.2 cm³/mol. The Labute approximate surface area is 108 Å². The number of aliphatic hydroxyl groups excluding tert-OH is 1. The molecule has 0 bridgehead atoms. The molecule has 1 heterocycles. The molecule has 1 saturated heterocycles. The SMILES string of the molecule is O=C(CC1CNCCO1)NCC(O)C1CCCC1. The molecule has 0 aromatic heterocycles. The molecule has 1 aliphatic heterocycles. The Kier molecular flexibility index (Phi) is 5.41. The molecule has 1 amide bonds. The number of hydrogen-bond acceptors (Lipinski definition) is 4. The molecule has 2 atom stereocenters. The standard InChI is InChI=1S/C13H24N2O3/c16-12(10-3-1-2-4-10)9-15-13(17)7-11-8-14-5-6-18-11/h10-12,14,16H,1-9H2,(H,15,17). The lowest BCUT2D eigenvalue weighted by Gasteiger charge is -2.23. The van der Waals surface area contributed by atoms with Gasteiger partial charge in [0.15, 0.2) is 0 Å². The maximum Gasteiger partial charge on any atom is 0.222 e. The molecule has 18 heavy (non-hydrogen) atoms. The van der Waals surface area contributed by atoms with Crippen LogP contribution in [0.1, 0.15) is 32.1 Å². The zero-order valence-electron chi connectivity index (χ0n) is 10.9. The van der Waals surface area contributed by atoms with Crippen molar-refractivity contribution in [1.29, 1.82) is 0 Å². The summed E-state index contributed by atoms with van der Waals surface area (Å²) in [4.78, 5) is 11.7. The topological polar surface area (TPSA) is 70.6 Å². The van der Waals surface area contributed by atoms with E-state index in [1.807, 2.05) is 0 Å². The van der Waals surface area contributed by atoms with Crippen LogP contribution in [0.5, 0.6) is 0 Å². The molecule has 0 aromatic carbocycles. The molecule has 5 nitrogen and oxygen atoms in total. The van der Waals surface area contributed by atoms with Crippen molar-refractivity contribution < 1.29 is 14.6 Å². The third kappa shape index (κ3) is 4.23. The minimum Gasteiger partial charge on any atom is -0.391 e. The highest BCUT2D eigenvalue weighted by atomic mass is 16.5. The predicted octanol–water partition coefficient (Wildman–Crippen LogP) is 0.0322. The van der Waals surface area contributed by atoms with E-state index < -0.39 is 0 Å². The van der Waals surface area contributed by atoms with E-state index in [-0.39, 0.29) is 18.1 Å². The fraction of sp³-hybridized carbons (Fsp3) is 0.923. The molecule has 3 N–H and O–H groups in total. The van der Waals surface area contributed by atoms with E-state index in [9.17, 15) is 9.90 Å². The summed E-state index contributed by atoms with van der Waals surface area (Å²) in [5.41, 5.74) is 0. The van der Waals surface area contributed by atoms with Crippen LogP contribution in [-0.4, -0.2) is 49.5 Å². The molecular formula is C13H24N2O3. The number of nitrogens with one attached hydrogen (secondary N) is 2. The van der Waals surface area contributed by atoms with Crippen molar-refractivity contribution >= 4 is 5.91 Å². The summed E-state index contributed by atoms with van der Waals surface area (Å²) < 4.78 is 5.47. The van der Waals surface area contributed by atoms with Crippen LogP contribution in [0.25, 0.3) is 0 Å². The van der Waals surface area contributed by atoms with E-state index in [4.69, 9.17) is 4.74 Å². The molecular weight excluding hydrogens is 232 g/mol. The average Bonchev–Trinajstić information content (AvgIpc) is 2.91. The summed E-state index contributed by atoms with van der Waals surface area (Å²) in [6.45, 7) is 2.64. The second kappa shape index (κ2) is 7.07.